The number of β-lactam (4-membered cyclic amide) rings is 1. The molecule has 0 radical (unpaired) electrons. The molecule has 40 heavy (non-hydrogen) atoms. The molecule has 2 aliphatic rings. The van der Waals surface area contributed by atoms with Crippen LogP contribution in [0.25, 0.3) is 32.3 Å². The van der Waals surface area contributed by atoms with E-state index in [1.807, 2.05) is 60.7 Å². The first-order valence-corrected chi connectivity index (χ1v) is 14.1. The van der Waals surface area contributed by atoms with Crippen LogP contribution in [0.1, 0.15) is 11.7 Å². The summed E-state index contributed by atoms with van der Waals surface area (Å²) >= 11 is 0. The lowest BCUT2D eigenvalue weighted by atomic mass is 9.90. The third-order valence-electron chi connectivity index (χ3n) is 7.68. The summed E-state index contributed by atoms with van der Waals surface area (Å²) in [6, 6.07) is 25.5. The Bertz CT molecular complexity index is 1990. The van der Waals surface area contributed by atoms with Gasteiger partial charge in [0.2, 0.25) is 0 Å². The zero-order valence-corrected chi connectivity index (χ0v) is 21.8. The van der Waals surface area contributed by atoms with Crippen LogP contribution in [0, 0.1) is 23.1 Å². The van der Waals surface area contributed by atoms with Gasteiger partial charge in [0.1, 0.15) is 11.9 Å². The summed E-state index contributed by atoms with van der Waals surface area (Å²) in [6.07, 6.45) is -0.369. The lowest BCUT2D eigenvalue weighted by molar-refractivity contribution is -0.135. The zero-order valence-electron chi connectivity index (χ0n) is 20.9. The monoisotopic (exact) mass is 552 g/mol. The number of halogens is 1. The minimum absolute atomic E-state index is 0.00527. The van der Waals surface area contributed by atoms with Crippen molar-refractivity contribution in [1.29, 1.82) is 5.26 Å². The molecular formula is C30H21FN4O4S. The highest BCUT2D eigenvalue weighted by molar-refractivity contribution is 7.84. The Morgan fingerprint density at radius 2 is 1.60 bits per heavy atom. The van der Waals surface area contributed by atoms with E-state index in [2.05, 4.69) is 17.1 Å². The van der Waals surface area contributed by atoms with Crippen molar-refractivity contribution in [3.8, 4) is 6.07 Å². The lowest BCUT2D eigenvalue weighted by Crippen LogP contribution is -2.62. The molecule has 1 aromatic heterocycles. The maximum absolute atomic E-state index is 13.8. The first-order valence-electron chi connectivity index (χ1n) is 12.7. The van der Waals surface area contributed by atoms with Crippen LogP contribution in [-0.2, 0) is 19.3 Å². The molecule has 7 rings (SSSR count). The number of hydrogen-bond donors (Lipinski definition) is 0. The van der Waals surface area contributed by atoms with Gasteiger partial charge in [-0.25, -0.2) is 8.57 Å². The van der Waals surface area contributed by atoms with Crippen molar-refractivity contribution in [2.75, 3.05) is 18.0 Å². The summed E-state index contributed by atoms with van der Waals surface area (Å²) in [6.45, 7) is 0.0105. The van der Waals surface area contributed by atoms with Crippen LogP contribution in [0.15, 0.2) is 85.1 Å². The molecule has 1 amide bonds. The highest BCUT2D eigenvalue weighted by atomic mass is 32.2. The van der Waals surface area contributed by atoms with E-state index in [4.69, 9.17) is 9.44 Å². The van der Waals surface area contributed by atoms with Gasteiger partial charge >= 0.3 is 10.3 Å². The number of anilines is 1. The van der Waals surface area contributed by atoms with Crippen molar-refractivity contribution in [2.24, 2.45) is 5.92 Å². The summed E-state index contributed by atoms with van der Waals surface area (Å²) in [5, 5.41) is 14.8. The quantitative estimate of drug-likeness (QED) is 0.228. The molecule has 10 heteroatoms. The first kappa shape index (κ1) is 24.6. The maximum atomic E-state index is 13.8. The Labute approximate surface area is 229 Å². The van der Waals surface area contributed by atoms with Gasteiger partial charge in [-0.15, -0.1) is 0 Å². The second kappa shape index (κ2) is 9.06. The summed E-state index contributed by atoms with van der Waals surface area (Å²) < 4.78 is 46.2. The van der Waals surface area contributed by atoms with Gasteiger partial charge in [0, 0.05) is 18.5 Å². The fourth-order valence-corrected chi connectivity index (χ4v) is 6.91. The number of amides is 1. The van der Waals surface area contributed by atoms with E-state index in [1.54, 1.807) is 0 Å². The number of aromatic nitrogens is 1. The average Bonchev–Trinajstić information content (AvgIpc) is 2.94. The molecule has 0 spiro atoms. The molecule has 8 nitrogen and oxygen atoms in total. The molecule has 5 aromatic rings. The number of hydrogen-bond acceptors (Lipinski definition) is 6. The standard InChI is InChI=1S/C30H21FN4O4S/c31-20-10-12-26(33-15-20)28-29(39-40(37,38)34-16-18(14-32)17-34)30(36)35(28)27-13-25-21-6-2-1-5-19(21)9-11-23(25)22-7-3-4-8-24(22)27/h1-13,15,18,28-29H,16-17H2/t28-,29-/m0/s1. The van der Waals surface area contributed by atoms with Crippen LogP contribution in [0.3, 0.4) is 0 Å². The predicted molar refractivity (Wildman–Crippen MR) is 148 cm³/mol. The minimum atomic E-state index is -4.29. The summed E-state index contributed by atoms with van der Waals surface area (Å²) in [5.74, 6) is -1.53. The molecule has 0 unspecified atom stereocenters. The molecule has 198 valence electrons. The average molecular weight is 553 g/mol. The van der Waals surface area contributed by atoms with Crippen molar-refractivity contribution in [2.45, 2.75) is 12.1 Å². The van der Waals surface area contributed by atoms with Gasteiger partial charge in [-0.2, -0.15) is 18.0 Å². The van der Waals surface area contributed by atoms with Gasteiger partial charge in [0.15, 0.2) is 6.10 Å². The van der Waals surface area contributed by atoms with Crippen molar-refractivity contribution >= 4 is 54.2 Å². The Kier molecular flexibility index (Phi) is 5.57. The predicted octanol–water partition coefficient (Wildman–Crippen LogP) is 4.85. The summed E-state index contributed by atoms with van der Waals surface area (Å²) in [7, 11) is -4.29. The highest BCUT2D eigenvalue weighted by Gasteiger charge is 2.54. The van der Waals surface area contributed by atoms with Crippen LogP contribution in [0.2, 0.25) is 0 Å². The zero-order chi connectivity index (χ0) is 27.6. The van der Waals surface area contributed by atoms with Gasteiger partial charge in [-0.05, 0) is 45.1 Å². The molecule has 2 atom stereocenters. The molecule has 2 aliphatic heterocycles. The number of carbonyl (C=O) groups is 1. The number of nitriles is 1. The Balaban J connectivity index is 1.38. The van der Waals surface area contributed by atoms with Gasteiger partial charge in [-0.1, -0.05) is 60.7 Å². The van der Waals surface area contributed by atoms with Gasteiger partial charge < -0.3 is 0 Å². The largest absolute Gasteiger partial charge is 0.339 e. The fraction of sp³-hybridized carbons (Fsp3) is 0.167. The Morgan fingerprint density at radius 3 is 2.33 bits per heavy atom. The van der Waals surface area contributed by atoms with E-state index in [0.717, 1.165) is 42.8 Å². The van der Waals surface area contributed by atoms with Gasteiger partial charge in [-0.3, -0.25) is 14.7 Å². The SMILES string of the molecule is N#CC1CN(S(=O)(=O)O[C@@H]2C(=O)N(c3cc4c5ccccc5ccc4c4ccccc34)[C@H]2c2ccc(F)cn2)C1. The van der Waals surface area contributed by atoms with Crippen LogP contribution >= 0.6 is 0 Å². The van der Waals surface area contributed by atoms with Crippen LogP contribution in [-0.4, -0.2) is 42.8 Å². The fourth-order valence-electron chi connectivity index (χ4n) is 5.61. The van der Waals surface area contributed by atoms with E-state index >= 15 is 0 Å². The number of rotatable bonds is 5. The smallest absolute Gasteiger partial charge is 0.297 e. The molecule has 4 aromatic carbocycles. The Morgan fingerprint density at radius 1 is 0.900 bits per heavy atom. The number of nitrogens with zero attached hydrogens (tertiary/aromatic N) is 4. The van der Waals surface area contributed by atoms with Gasteiger partial charge in [0.05, 0.1) is 29.6 Å². The number of carbonyl (C=O) groups excluding carboxylic acids is 1. The molecule has 0 aliphatic carbocycles. The highest BCUT2D eigenvalue weighted by Crippen LogP contribution is 2.46. The summed E-state index contributed by atoms with van der Waals surface area (Å²) in [5.41, 5.74) is 0.869. The van der Waals surface area contributed by atoms with Gasteiger partial charge in [0.25, 0.3) is 5.91 Å². The second-order valence-electron chi connectivity index (χ2n) is 9.99. The Hall–Kier alpha value is -4.43. The molecule has 0 saturated carbocycles. The third-order valence-corrected chi connectivity index (χ3v) is 9.06. The molecule has 3 heterocycles. The van der Waals surface area contributed by atoms with Crippen LogP contribution < -0.4 is 4.90 Å². The number of benzene rings is 4. The molecule has 0 N–H and O–H groups in total. The van der Waals surface area contributed by atoms with E-state index in [-0.39, 0.29) is 13.1 Å². The second-order valence-corrected chi connectivity index (χ2v) is 11.6. The molecular weight excluding hydrogens is 531 g/mol. The van der Waals surface area contributed by atoms with E-state index in [9.17, 15) is 17.6 Å². The van der Waals surface area contributed by atoms with Crippen LogP contribution in [0.5, 0.6) is 0 Å². The number of pyridine rings is 1. The molecule has 2 fully saturated rings. The van der Waals surface area contributed by atoms with E-state index in [0.29, 0.717) is 11.4 Å². The minimum Gasteiger partial charge on any atom is -0.297 e. The lowest BCUT2D eigenvalue weighted by Gasteiger charge is -2.47. The van der Waals surface area contributed by atoms with Crippen molar-refractivity contribution in [3.63, 3.8) is 0 Å². The first-order chi connectivity index (χ1) is 19.4. The number of fused-ring (bicyclic) bond motifs is 5. The van der Waals surface area contributed by atoms with Crippen molar-refractivity contribution < 1.29 is 21.8 Å². The van der Waals surface area contributed by atoms with Crippen LogP contribution in [0.4, 0.5) is 10.1 Å². The van der Waals surface area contributed by atoms with E-state index < -0.39 is 40.1 Å². The van der Waals surface area contributed by atoms with Crippen molar-refractivity contribution in [3.05, 3.63) is 96.6 Å². The topological polar surface area (TPSA) is 104 Å². The third kappa shape index (κ3) is 3.74. The normalized spacial score (nSPS) is 20.0. The summed E-state index contributed by atoms with van der Waals surface area (Å²) in [4.78, 5) is 19.4. The van der Waals surface area contributed by atoms with Crippen molar-refractivity contribution in [1.82, 2.24) is 9.29 Å². The van der Waals surface area contributed by atoms with E-state index in [1.165, 1.54) is 17.0 Å². The molecule has 0 bridgehead atoms. The molecule has 2 saturated heterocycles. The maximum Gasteiger partial charge on any atom is 0.339 e.